The van der Waals surface area contributed by atoms with Gasteiger partial charge in [-0.15, -0.1) is 0 Å². The van der Waals surface area contributed by atoms with Crippen LogP contribution in [0.4, 0.5) is 0 Å². The lowest BCUT2D eigenvalue weighted by atomic mass is 9.92. The fourth-order valence-corrected chi connectivity index (χ4v) is 3.42. The van der Waals surface area contributed by atoms with E-state index in [1.807, 2.05) is 36.4 Å². The minimum atomic E-state index is 0.0838. The van der Waals surface area contributed by atoms with Crippen molar-refractivity contribution in [1.82, 2.24) is 4.98 Å². The first-order valence-corrected chi connectivity index (χ1v) is 8.29. The zero-order valence-electron chi connectivity index (χ0n) is 13.1. The smallest absolute Gasteiger partial charge is 0.0523 e. The van der Waals surface area contributed by atoms with Gasteiger partial charge >= 0.3 is 0 Å². The summed E-state index contributed by atoms with van der Waals surface area (Å²) in [6, 6.07) is 12.0. The lowest BCUT2D eigenvalue weighted by molar-refractivity contribution is 0.929. The predicted octanol–water partition coefficient (Wildman–Crippen LogP) is 4.46. The summed E-state index contributed by atoms with van der Waals surface area (Å²) >= 11 is 13.2. The Morgan fingerprint density at radius 2 is 1.70 bits per heavy atom. The lowest BCUT2D eigenvalue weighted by Gasteiger charge is -2.20. The zero-order valence-corrected chi connectivity index (χ0v) is 14.6. The van der Waals surface area contributed by atoms with E-state index in [4.69, 9.17) is 23.2 Å². The first kappa shape index (κ1) is 16.0. The van der Waals surface area contributed by atoms with E-state index in [0.29, 0.717) is 0 Å². The molecule has 0 amide bonds. The van der Waals surface area contributed by atoms with Crippen LogP contribution in [0.3, 0.4) is 0 Å². The number of hydrogen-bond acceptors (Lipinski definition) is 1. The number of benzene rings is 1. The zero-order chi connectivity index (χ0) is 16.4. The van der Waals surface area contributed by atoms with Crippen LogP contribution in [-0.4, -0.2) is 4.98 Å². The van der Waals surface area contributed by atoms with E-state index < -0.39 is 0 Å². The van der Waals surface area contributed by atoms with Crippen molar-refractivity contribution in [2.24, 2.45) is 5.92 Å². The maximum absolute atomic E-state index is 6.64. The third kappa shape index (κ3) is 3.12. The molecule has 1 aliphatic rings. The Morgan fingerprint density at radius 1 is 1.04 bits per heavy atom. The van der Waals surface area contributed by atoms with E-state index in [9.17, 15) is 0 Å². The standard InChI is InChI=1S/C20H17Cl2N/c1-13(15-9-11-23-12-10-15)7-8-16-14(2)19(21)17-5-3-4-6-18(17)20(16)22/h3-12,14H,1-2H3/b13-7+,16-8+. The second kappa shape index (κ2) is 6.74. The van der Waals surface area contributed by atoms with Gasteiger partial charge in [-0.2, -0.15) is 0 Å². The molecule has 1 heterocycles. The third-order valence-electron chi connectivity index (χ3n) is 4.17. The molecule has 2 aromatic rings. The largest absolute Gasteiger partial charge is 0.265 e. The van der Waals surface area contributed by atoms with Crippen LogP contribution in [0.25, 0.3) is 15.6 Å². The Morgan fingerprint density at radius 3 is 2.39 bits per heavy atom. The molecule has 0 aliphatic heterocycles. The fraction of sp³-hybridized carbons (Fsp3) is 0.150. The van der Waals surface area contributed by atoms with Gasteiger partial charge in [-0.3, -0.25) is 4.98 Å². The SMILES string of the molecule is C/C(=C\C=C1\C(Cl)=c2ccccc2=C(Cl)C1C)c1ccncc1. The molecule has 0 spiro atoms. The number of hydrogen-bond donors (Lipinski definition) is 0. The molecule has 1 atom stereocenters. The molecule has 1 aromatic carbocycles. The first-order chi connectivity index (χ1) is 11.1. The summed E-state index contributed by atoms with van der Waals surface area (Å²) in [7, 11) is 0. The molecule has 116 valence electrons. The average molecular weight is 342 g/mol. The van der Waals surface area contributed by atoms with E-state index in [-0.39, 0.29) is 5.92 Å². The Balaban J connectivity index is 2.09. The monoisotopic (exact) mass is 341 g/mol. The van der Waals surface area contributed by atoms with E-state index in [1.54, 1.807) is 12.4 Å². The van der Waals surface area contributed by atoms with Crippen molar-refractivity contribution in [3.63, 3.8) is 0 Å². The Kier molecular flexibility index (Phi) is 4.70. The lowest BCUT2D eigenvalue weighted by Crippen LogP contribution is -2.33. The summed E-state index contributed by atoms with van der Waals surface area (Å²) in [5.41, 5.74) is 3.35. The molecule has 0 radical (unpaired) electrons. The topological polar surface area (TPSA) is 12.9 Å². The molecule has 3 heteroatoms. The normalized spacial score (nSPS) is 19.9. The maximum Gasteiger partial charge on any atom is 0.0523 e. The highest BCUT2D eigenvalue weighted by Crippen LogP contribution is 2.33. The molecule has 1 unspecified atom stereocenters. The van der Waals surface area contributed by atoms with Crippen molar-refractivity contribution >= 4 is 38.8 Å². The van der Waals surface area contributed by atoms with Crippen molar-refractivity contribution < 1.29 is 0 Å². The summed E-state index contributed by atoms with van der Waals surface area (Å²) < 4.78 is 0. The first-order valence-electron chi connectivity index (χ1n) is 7.53. The third-order valence-corrected chi connectivity index (χ3v) is 5.12. The predicted molar refractivity (Wildman–Crippen MR) is 99.3 cm³/mol. The van der Waals surface area contributed by atoms with Gasteiger partial charge in [0.05, 0.1) is 5.03 Å². The fourth-order valence-electron chi connectivity index (χ4n) is 2.74. The second-order valence-electron chi connectivity index (χ2n) is 5.64. The maximum atomic E-state index is 6.64. The summed E-state index contributed by atoms with van der Waals surface area (Å²) in [5, 5.41) is 3.64. The van der Waals surface area contributed by atoms with Gasteiger partial charge < -0.3 is 0 Å². The summed E-state index contributed by atoms with van der Waals surface area (Å²) in [6.45, 7) is 4.16. The van der Waals surface area contributed by atoms with Gasteiger partial charge in [0.2, 0.25) is 0 Å². The molecule has 23 heavy (non-hydrogen) atoms. The van der Waals surface area contributed by atoms with Crippen molar-refractivity contribution in [2.75, 3.05) is 0 Å². The van der Waals surface area contributed by atoms with E-state index >= 15 is 0 Å². The number of nitrogens with zero attached hydrogens (tertiary/aromatic N) is 1. The highest BCUT2D eigenvalue weighted by Gasteiger charge is 2.20. The average Bonchev–Trinajstić information content (AvgIpc) is 2.60. The van der Waals surface area contributed by atoms with E-state index in [2.05, 4.69) is 31.0 Å². The van der Waals surface area contributed by atoms with E-state index in [1.165, 1.54) is 0 Å². The Hall–Kier alpha value is -1.83. The van der Waals surface area contributed by atoms with Gasteiger partial charge in [-0.25, -0.2) is 0 Å². The van der Waals surface area contributed by atoms with Gasteiger partial charge in [-0.05, 0) is 41.0 Å². The van der Waals surface area contributed by atoms with Crippen LogP contribution in [0, 0.1) is 5.92 Å². The van der Waals surface area contributed by atoms with Crippen LogP contribution in [0.1, 0.15) is 19.4 Å². The van der Waals surface area contributed by atoms with Gasteiger partial charge in [0.25, 0.3) is 0 Å². The Bertz CT molecular complexity index is 908. The molecule has 1 aliphatic carbocycles. The number of aromatic nitrogens is 1. The highest BCUT2D eigenvalue weighted by atomic mass is 35.5. The van der Waals surface area contributed by atoms with Crippen LogP contribution in [0.15, 0.2) is 66.5 Å². The van der Waals surface area contributed by atoms with Gasteiger partial charge in [0, 0.05) is 28.6 Å². The number of rotatable bonds is 2. The quantitative estimate of drug-likeness (QED) is 0.785. The molecular formula is C20H17Cl2N. The summed E-state index contributed by atoms with van der Waals surface area (Å²) in [6.07, 6.45) is 7.74. The van der Waals surface area contributed by atoms with Crippen molar-refractivity contribution in [1.29, 1.82) is 0 Å². The molecule has 1 nitrogen and oxygen atoms in total. The van der Waals surface area contributed by atoms with Gasteiger partial charge in [-0.1, -0.05) is 66.5 Å². The van der Waals surface area contributed by atoms with Crippen LogP contribution < -0.4 is 10.4 Å². The Labute approximate surface area is 146 Å². The molecule has 0 saturated carbocycles. The van der Waals surface area contributed by atoms with Crippen LogP contribution >= 0.6 is 23.2 Å². The number of pyridine rings is 1. The summed E-state index contributed by atoms with van der Waals surface area (Å²) in [4.78, 5) is 4.05. The number of halogens is 2. The van der Waals surface area contributed by atoms with Crippen LogP contribution in [0.5, 0.6) is 0 Å². The summed E-state index contributed by atoms with van der Waals surface area (Å²) in [5.74, 6) is 0.0838. The minimum absolute atomic E-state index is 0.0838. The molecule has 3 rings (SSSR count). The number of allylic oxidation sites excluding steroid dienone is 4. The molecule has 0 saturated heterocycles. The molecule has 0 bridgehead atoms. The highest BCUT2D eigenvalue weighted by molar-refractivity contribution is 6.51. The van der Waals surface area contributed by atoms with Crippen LogP contribution in [-0.2, 0) is 0 Å². The molecule has 0 N–H and O–H groups in total. The van der Waals surface area contributed by atoms with Gasteiger partial charge in [0.1, 0.15) is 0 Å². The van der Waals surface area contributed by atoms with E-state index in [0.717, 1.165) is 37.2 Å². The van der Waals surface area contributed by atoms with Crippen molar-refractivity contribution in [3.05, 3.63) is 82.5 Å². The van der Waals surface area contributed by atoms with Gasteiger partial charge in [0.15, 0.2) is 0 Å². The van der Waals surface area contributed by atoms with Crippen LogP contribution in [0.2, 0.25) is 0 Å². The molecular weight excluding hydrogens is 325 g/mol. The molecule has 1 aromatic heterocycles. The second-order valence-corrected chi connectivity index (χ2v) is 6.42. The molecule has 0 fully saturated rings. The number of fused-ring (bicyclic) bond motifs is 1. The van der Waals surface area contributed by atoms with Crippen molar-refractivity contribution in [3.8, 4) is 0 Å². The van der Waals surface area contributed by atoms with Crippen molar-refractivity contribution in [2.45, 2.75) is 13.8 Å². The minimum Gasteiger partial charge on any atom is -0.265 e.